The van der Waals surface area contributed by atoms with E-state index in [0.717, 1.165) is 30.5 Å². The van der Waals surface area contributed by atoms with E-state index in [9.17, 15) is 14.4 Å². The summed E-state index contributed by atoms with van der Waals surface area (Å²) >= 11 is 3.61. The Morgan fingerprint density at radius 2 is 1.44 bits per heavy atom. The van der Waals surface area contributed by atoms with E-state index in [1.54, 1.807) is 36.4 Å². The maximum Gasteiger partial charge on any atom is 0.272 e. The molecule has 1 atom stereocenters. The van der Waals surface area contributed by atoms with Crippen LogP contribution in [-0.2, 0) is 9.59 Å². The zero-order valence-corrected chi connectivity index (χ0v) is 26.2. The highest BCUT2D eigenvalue weighted by molar-refractivity contribution is 14.1. The predicted molar refractivity (Wildman–Crippen MR) is 184 cm³/mol. The van der Waals surface area contributed by atoms with E-state index in [2.05, 4.69) is 38.5 Å². The third-order valence-corrected chi connectivity index (χ3v) is 8.35. The van der Waals surface area contributed by atoms with Gasteiger partial charge in [-0.1, -0.05) is 66.7 Å². The number of carbonyl (C=O) groups is 3. The number of carbonyl (C=O) groups excluding carboxylic acids is 3. The Labute approximate surface area is 268 Å². The Morgan fingerprint density at radius 1 is 0.744 bits per heavy atom. The molecule has 0 radical (unpaired) electrons. The van der Waals surface area contributed by atoms with Gasteiger partial charge in [0, 0.05) is 25.4 Å². The molecule has 1 unspecified atom stereocenters. The summed E-state index contributed by atoms with van der Waals surface area (Å²) in [6.07, 6.45) is 1.69. The third-order valence-electron chi connectivity index (χ3n) is 6.54. The predicted octanol–water partition coefficient (Wildman–Crippen LogP) is 7.97. The number of rotatable bonds is 9. The maximum atomic E-state index is 13.6. The van der Waals surface area contributed by atoms with E-state index in [4.69, 9.17) is 0 Å². The molecule has 214 valence electrons. The highest BCUT2D eigenvalue weighted by Gasteiger charge is 2.18. The van der Waals surface area contributed by atoms with Gasteiger partial charge in [-0.25, -0.2) is 0 Å². The Bertz CT molecular complexity index is 1800. The fourth-order valence-corrected chi connectivity index (χ4v) is 5.64. The molecule has 43 heavy (non-hydrogen) atoms. The zero-order valence-electron chi connectivity index (χ0n) is 23.2. The van der Waals surface area contributed by atoms with E-state index in [1.807, 2.05) is 97.9 Å². The first-order valence-electron chi connectivity index (χ1n) is 13.6. The largest absolute Gasteiger partial charge is 0.325 e. The van der Waals surface area contributed by atoms with Crippen LogP contribution >= 0.6 is 34.4 Å². The topological polar surface area (TPSA) is 87.3 Å². The zero-order chi connectivity index (χ0) is 30.2. The fourth-order valence-electron chi connectivity index (χ4n) is 4.35. The van der Waals surface area contributed by atoms with Crippen LogP contribution in [0.15, 0.2) is 132 Å². The van der Waals surface area contributed by atoms with Crippen molar-refractivity contribution >= 4 is 80.3 Å². The van der Waals surface area contributed by atoms with Crippen molar-refractivity contribution in [3.05, 3.63) is 142 Å². The van der Waals surface area contributed by atoms with E-state index in [0.29, 0.717) is 11.3 Å². The van der Waals surface area contributed by atoms with Crippen molar-refractivity contribution in [1.29, 1.82) is 0 Å². The number of hydrogen-bond acceptors (Lipinski definition) is 4. The summed E-state index contributed by atoms with van der Waals surface area (Å²) in [6.45, 7) is 1.84. The Balaban J connectivity index is 1.35. The van der Waals surface area contributed by atoms with E-state index in [-0.39, 0.29) is 22.8 Å². The molecule has 3 N–H and O–H groups in total. The van der Waals surface area contributed by atoms with Gasteiger partial charge in [-0.15, -0.1) is 11.8 Å². The number of hydrogen-bond donors (Lipinski definition) is 3. The minimum absolute atomic E-state index is 0.105. The molecule has 0 spiro atoms. The summed E-state index contributed by atoms with van der Waals surface area (Å²) in [5.41, 5.74) is 2.62. The molecule has 0 saturated heterocycles. The van der Waals surface area contributed by atoms with Crippen LogP contribution in [0.3, 0.4) is 0 Å². The van der Waals surface area contributed by atoms with Crippen LogP contribution in [0.5, 0.6) is 0 Å². The number of anilines is 2. The summed E-state index contributed by atoms with van der Waals surface area (Å²) in [5.74, 6) is -0.979. The summed E-state index contributed by atoms with van der Waals surface area (Å²) in [7, 11) is 0. The second kappa shape index (κ2) is 14.2. The van der Waals surface area contributed by atoms with Crippen LogP contribution in [0.25, 0.3) is 16.8 Å². The normalized spacial score (nSPS) is 11.9. The number of amides is 3. The molecular formula is C35H28IN3O3S. The summed E-state index contributed by atoms with van der Waals surface area (Å²) in [5, 5.41) is 10.3. The van der Waals surface area contributed by atoms with Crippen molar-refractivity contribution < 1.29 is 14.4 Å². The van der Waals surface area contributed by atoms with Gasteiger partial charge >= 0.3 is 0 Å². The van der Waals surface area contributed by atoms with Crippen molar-refractivity contribution in [2.24, 2.45) is 0 Å². The molecule has 0 aromatic heterocycles. The molecule has 5 rings (SSSR count). The average molecular weight is 698 g/mol. The monoisotopic (exact) mass is 697 g/mol. The van der Waals surface area contributed by atoms with Crippen molar-refractivity contribution in [2.45, 2.75) is 17.1 Å². The van der Waals surface area contributed by atoms with Crippen LogP contribution < -0.4 is 16.0 Å². The molecular weight excluding hydrogens is 669 g/mol. The second-order valence-corrected chi connectivity index (χ2v) is 12.3. The van der Waals surface area contributed by atoms with Crippen molar-refractivity contribution in [3.63, 3.8) is 0 Å². The molecule has 6 nitrogen and oxygen atoms in total. The third kappa shape index (κ3) is 8.12. The first-order valence-corrected chi connectivity index (χ1v) is 15.5. The van der Waals surface area contributed by atoms with Crippen LogP contribution in [0.4, 0.5) is 11.4 Å². The van der Waals surface area contributed by atoms with Crippen molar-refractivity contribution in [3.8, 4) is 0 Å². The Hall–Kier alpha value is -4.41. The molecule has 0 saturated carbocycles. The van der Waals surface area contributed by atoms with Gasteiger partial charge in [0.25, 0.3) is 11.8 Å². The van der Waals surface area contributed by atoms with E-state index < -0.39 is 5.91 Å². The molecule has 0 bridgehead atoms. The quantitative estimate of drug-likeness (QED) is 0.0829. The SMILES string of the molecule is CC(Sc1cccc(NC(=O)/C(=C\c2cccc3ccccc23)NC(=O)c2ccccc2)c1)C(=O)Nc1ccc(I)cc1. The molecule has 0 aliphatic carbocycles. The van der Waals surface area contributed by atoms with Gasteiger partial charge in [0.15, 0.2) is 0 Å². The molecule has 0 aliphatic rings. The van der Waals surface area contributed by atoms with Crippen LogP contribution in [0.1, 0.15) is 22.8 Å². The van der Waals surface area contributed by atoms with E-state index >= 15 is 0 Å². The highest BCUT2D eigenvalue weighted by atomic mass is 127. The van der Waals surface area contributed by atoms with Gasteiger partial charge in [0.05, 0.1) is 5.25 Å². The highest BCUT2D eigenvalue weighted by Crippen LogP contribution is 2.27. The van der Waals surface area contributed by atoms with Gasteiger partial charge in [-0.2, -0.15) is 0 Å². The lowest BCUT2D eigenvalue weighted by molar-refractivity contribution is -0.115. The first kappa shape index (κ1) is 30.1. The molecule has 3 amide bonds. The lowest BCUT2D eigenvalue weighted by atomic mass is 10.0. The minimum Gasteiger partial charge on any atom is -0.325 e. The van der Waals surface area contributed by atoms with Crippen LogP contribution in [-0.4, -0.2) is 23.0 Å². The number of thioether (sulfide) groups is 1. The molecule has 8 heteroatoms. The Kier molecular flexibility index (Phi) is 9.91. The second-order valence-electron chi connectivity index (χ2n) is 9.68. The maximum absolute atomic E-state index is 13.6. The van der Waals surface area contributed by atoms with Gasteiger partial charge < -0.3 is 16.0 Å². The average Bonchev–Trinajstić information content (AvgIpc) is 3.02. The lowest BCUT2D eigenvalue weighted by Crippen LogP contribution is -2.30. The molecule has 5 aromatic carbocycles. The first-order chi connectivity index (χ1) is 20.9. The lowest BCUT2D eigenvalue weighted by Gasteiger charge is -2.14. The van der Waals surface area contributed by atoms with Gasteiger partial charge in [-0.3, -0.25) is 14.4 Å². The molecule has 5 aromatic rings. The number of fused-ring (bicyclic) bond motifs is 1. The summed E-state index contributed by atoms with van der Waals surface area (Å²) < 4.78 is 1.09. The smallest absolute Gasteiger partial charge is 0.272 e. The van der Waals surface area contributed by atoms with Crippen LogP contribution in [0, 0.1) is 3.57 Å². The number of halogens is 1. The molecule has 0 aliphatic heterocycles. The number of nitrogens with one attached hydrogen (secondary N) is 3. The Morgan fingerprint density at radius 3 is 2.23 bits per heavy atom. The minimum atomic E-state index is -0.469. The molecule has 0 fully saturated rings. The van der Waals surface area contributed by atoms with Gasteiger partial charge in [0.2, 0.25) is 5.91 Å². The van der Waals surface area contributed by atoms with Gasteiger partial charge in [0.1, 0.15) is 5.70 Å². The summed E-state index contributed by atoms with van der Waals surface area (Å²) in [4.78, 5) is 40.3. The van der Waals surface area contributed by atoms with Crippen molar-refractivity contribution in [2.75, 3.05) is 10.6 Å². The summed E-state index contributed by atoms with van der Waals surface area (Å²) in [6, 6.07) is 37.3. The van der Waals surface area contributed by atoms with Crippen LogP contribution in [0.2, 0.25) is 0 Å². The van der Waals surface area contributed by atoms with Crippen molar-refractivity contribution in [1.82, 2.24) is 5.32 Å². The standard InChI is InChI=1S/C35H28IN3O3S/c1-23(33(40)37-28-19-17-27(36)18-20-28)43-30-15-8-14-29(22-30)38-35(42)32(39-34(41)25-10-3-2-4-11-25)21-26-13-7-12-24-9-5-6-16-31(24)26/h2-23H,1H3,(H,37,40)(H,38,42)(H,39,41)/b32-21+. The van der Waals surface area contributed by atoms with E-state index in [1.165, 1.54) is 11.8 Å². The van der Waals surface area contributed by atoms with Gasteiger partial charge in [-0.05, 0) is 107 Å². The number of benzene rings is 5. The molecule has 0 heterocycles. The fraction of sp³-hybridized carbons (Fsp3) is 0.0571.